The van der Waals surface area contributed by atoms with Gasteiger partial charge < -0.3 is 14.4 Å². The van der Waals surface area contributed by atoms with Gasteiger partial charge >= 0.3 is 0 Å². The molecule has 1 saturated heterocycles. The van der Waals surface area contributed by atoms with Crippen molar-refractivity contribution < 1.29 is 14.3 Å². The van der Waals surface area contributed by atoms with Gasteiger partial charge in [-0.15, -0.1) is 0 Å². The van der Waals surface area contributed by atoms with E-state index < -0.39 is 11.9 Å². The molecule has 2 atom stereocenters. The number of aromatic nitrogens is 1. The molecule has 0 aromatic carbocycles. The lowest BCUT2D eigenvalue weighted by atomic mass is 9.98. The van der Waals surface area contributed by atoms with E-state index in [1.807, 2.05) is 31.0 Å². The van der Waals surface area contributed by atoms with Gasteiger partial charge in [-0.3, -0.25) is 9.78 Å². The Hall–Kier alpha value is -1.72. The van der Waals surface area contributed by atoms with Gasteiger partial charge in [0.1, 0.15) is 0 Å². The third kappa shape index (κ3) is 2.25. The number of nitrogens with zero attached hydrogens (tertiary/aromatic N) is 2. The van der Waals surface area contributed by atoms with Crippen LogP contribution in [-0.4, -0.2) is 40.3 Å². The molecule has 1 aromatic heterocycles. The Morgan fingerprint density at radius 1 is 1.36 bits per heavy atom. The molecule has 3 aliphatic rings. The average molecular weight is 300 g/mol. The van der Waals surface area contributed by atoms with Crippen molar-refractivity contribution in [3.05, 3.63) is 35.7 Å². The van der Waals surface area contributed by atoms with E-state index in [1.54, 1.807) is 6.20 Å². The number of hydrogen-bond donors (Lipinski definition) is 0. The van der Waals surface area contributed by atoms with Crippen LogP contribution in [0.15, 0.2) is 24.5 Å². The van der Waals surface area contributed by atoms with E-state index in [9.17, 15) is 4.79 Å². The van der Waals surface area contributed by atoms with Gasteiger partial charge in [-0.25, -0.2) is 0 Å². The van der Waals surface area contributed by atoms with Crippen molar-refractivity contribution in [2.75, 3.05) is 6.54 Å². The fourth-order valence-electron chi connectivity index (χ4n) is 3.58. The minimum Gasteiger partial charge on any atom is -0.344 e. The predicted octanol–water partition coefficient (Wildman–Crippen LogP) is 2.12. The van der Waals surface area contributed by atoms with E-state index in [2.05, 4.69) is 11.1 Å². The molecule has 116 valence electrons. The van der Waals surface area contributed by atoms with Gasteiger partial charge in [0.05, 0.1) is 6.10 Å². The second kappa shape index (κ2) is 4.89. The van der Waals surface area contributed by atoms with E-state index in [0.29, 0.717) is 19.5 Å². The van der Waals surface area contributed by atoms with Crippen molar-refractivity contribution in [1.82, 2.24) is 9.88 Å². The molecule has 1 aromatic rings. The normalized spacial score (nSPS) is 29.8. The number of pyridine rings is 1. The van der Waals surface area contributed by atoms with Crippen molar-refractivity contribution in [2.45, 2.75) is 51.2 Å². The Bertz CT molecular complexity index is 653. The second-order valence-corrected chi connectivity index (χ2v) is 6.60. The zero-order chi connectivity index (χ0) is 15.3. The first-order valence-corrected chi connectivity index (χ1v) is 7.80. The van der Waals surface area contributed by atoms with Crippen LogP contribution in [-0.2, 0) is 20.8 Å². The third-order valence-corrected chi connectivity index (χ3v) is 4.60. The molecule has 0 saturated carbocycles. The SMILES string of the molecule is CC1(C)OC2CC=C3CCN(Cc4ccncc43)C(=O)C2O1. The smallest absolute Gasteiger partial charge is 0.254 e. The summed E-state index contributed by atoms with van der Waals surface area (Å²) in [5, 5.41) is 0. The van der Waals surface area contributed by atoms with Crippen LogP contribution >= 0.6 is 0 Å². The molecule has 1 fully saturated rings. The fourth-order valence-corrected chi connectivity index (χ4v) is 3.58. The lowest BCUT2D eigenvalue weighted by Crippen LogP contribution is -2.43. The minimum absolute atomic E-state index is 0.0369. The number of carbonyl (C=O) groups is 1. The maximum atomic E-state index is 12.9. The van der Waals surface area contributed by atoms with E-state index in [0.717, 1.165) is 17.5 Å². The average Bonchev–Trinajstić information content (AvgIpc) is 2.71. The molecular weight excluding hydrogens is 280 g/mol. The summed E-state index contributed by atoms with van der Waals surface area (Å²) in [5.74, 6) is -0.665. The van der Waals surface area contributed by atoms with E-state index >= 15 is 0 Å². The summed E-state index contributed by atoms with van der Waals surface area (Å²) in [4.78, 5) is 19.1. The van der Waals surface area contributed by atoms with E-state index in [4.69, 9.17) is 9.47 Å². The monoisotopic (exact) mass is 300 g/mol. The first-order valence-electron chi connectivity index (χ1n) is 7.80. The molecular formula is C17H20N2O3. The number of hydrogen-bond acceptors (Lipinski definition) is 4. The summed E-state index contributed by atoms with van der Waals surface area (Å²) in [6, 6.07) is 2.00. The van der Waals surface area contributed by atoms with Crippen LogP contribution in [0.3, 0.4) is 0 Å². The first-order chi connectivity index (χ1) is 10.5. The molecule has 3 aliphatic heterocycles. The molecule has 5 nitrogen and oxygen atoms in total. The fraction of sp³-hybridized carbons (Fsp3) is 0.529. The van der Waals surface area contributed by atoms with Gasteiger partial charge in [-0.1, -0.05) is 6.08 Å². The standard InChI is InChI=1S/C17H20N2O3/c1-17(2)21-14-4-3-11-6-8-19(16(20)15(14)22-17)10-12-5-7-18-9-13(11)12/h3,5,7,9,14-15H,4,6,8,10H2,1-2H3. The van der Waals surface area contributed by atoms with Gasteiger partial charge in [0, 0.05) is 31.0 Å². The molecule has 4 rings (SSSR count). The lowest BCUT2D eigenvalue weighted by Gasteiger charge is -2.25. The largest absolute Gasteiger partial charge is 0.344 e. The Morgan fingerprint density at radius 2 is 2.23 bits per heavy atom. The van der Waals surface area contributed by atoms with Crippen molar-refractivity contribution in [3.8, 4) is 0 Å². The van der Waals surface area contributed by atoms with Crippen LogP contribution in [0.4, 0.5) is 0 Å². The summed E-state index contributed by atoms with van der Waals surface area (Å²) < 4.78 is 11.8. The quantitative estimate of drug-likeness (QED) is 0.736. The number of amides is 1. The molecule has 4 heterocycles. The van der Waals surface area contributed by atoms with Gasteiger partial charge in [0.15, 0.2) is 11.9 Å². The molecule has 0 radical (unpaired) electrons. The highest BCUT2D eigenvalue weighted by Crippen LogP contribution is 2.36. The molecule has 0 aliphatic carbocycles. The summed E-state index contributed by atoms with van der Waals surface area (Å²) in [6.45, 7) is 5.06. The molecule has 5 heteroatoms. The maximum absolute atomic E-state index is 12.9. The summed E-state index contributed by atoms with van der Waals surface area (Å²) in [5.41, 5.74) is 3.57. The molecule has 2 bridgehead atoms. The van der Waals surface area contributed by atoms with Crippen LogP contribution in [0.1, 0.15) is 37.8 Å². The molecule has 0 spiro atoms. The van der Waals surface area contributed by atoms with Crippen molar-refractivity contribution in [3.63, 3.8) is 0 Å². The molecule has 22 heavy (non-hydrogen) atoms. The number of ether oxygens (including phenoxy) is 2. The van der Waals surface area contributed by atoms with Crippen LogP contribution in [0.2, 0.25) is 0 Å². The minimum atomic E-state index is -0.702. The highest BCUT2D eigenvalue weighted by molar-refractivity contribution is 5.83. The summed E-state index contributed by atoms with van der Waals surface area (Å²) in [7, 11) is 0. The van der Waals surface area contributed by atoms with Crippen LogP contribution in [0, 0.1) is 0 Å². The first kappa shape index (κ1) is 13.9. The van der Waals surface area contributed by atoms with E-state index in [1.165, 1.54) is 5.57 Å². The topological polar surface area (TPSA) is 51.7 Å². The number of fused-ring (bicyclic) bond motifs is 6. The van der Waals surface area contributed by atoms with Gasteiger partial charge in [-0.05, 0) is 43.9 Å². The second-order valence-electron chi connectivity index (χ2n) is 6.60. The Kier molecular flexibility index (Phi) is 3.09. The molecule has 0 N–H and O–H groups in total. The van der Waals surface area contributed by atoms with Crippen LogP contribution in [0.5, 0.6) is 0 Å². The molecule has 2 unspecified atom stereocenters. The highest BCUT2D eigenvalue weighted by atomic mass is 16.8. The van der Waals surface area contributed by atoms with Gasteiger partial charge in [0.2, 0.25) is 0 Å². The lowest BCUT2D eigenvalue weighted by molar-refractivity contribution is -0.161. The number of carbonyl (C=O) groups excluding carboxylic acids is 1. The third-order valence-electron chi connectivity index (χ3n) is 4.60. The highest BCUT2D eigenvalue weighted by Gasteiger charge is 2.46. The zero-order valence-corrected chi connectivity index (χ0v) is 12.9. The Labute approximate surface area is 129 Å². The van der Waals surface area contributed by atoms with Crippen molar-refractivity contribution in [2.24, 2.45) is 0 Å². The summed E-state index contributed by atoms with van der Waals surface area (Å²) in [6.07, 6.45) is 6.72. The Morgan fingerprint density at radius 3 is 3.09 bits per heavy atom. The van der Waals surface area contributed by atoms with Gasteiger partial charge in [0.25, 0.3) is 5.91 Å². The van der Waals surface area contributed by atoms with Gasteiger partial charge in [-0.2, -0.15) is 0 Å². The van der Waals surface area contributed by atoms with Crippen LogP contribution in [0.25, 0.3) is 5.57 Å². The maximum Gasteiger partial charge on any atom is 0.254 e. The number of rotatable bonds is 0. The summed E-state index contributed by atoms with van der Waals surface area (Å²) >= 11 is 0. The van der Waals surface area contributed by atoms with E-state index in [-0.39, 0.29) is 12.0 Å². The Balaban J connectivity index is 1.78. The molecule has 1 amide bonds. The van der Waals surface area contributed by atoms with Crippen LogP contribution < -0.4 is 0 Å². The van der Waals surface area contributed by atoms with Crippen molar-refractivity contribution >= 4 is 11.5 Å². The predicted molar refractivity (Wildman–Crippen MR) is 80.7 cm³/mol. The van der Waals surface area contributed by atoms with Crippen molar-refractivity contribution in [1.29, 1.82) is 0 Å². The zero-order valence-electron chi connectivity index (χ0n) is 12.9.